The van der Waals surface area contributed by atoms with Crippen LogP contribution < -0.4 is 26.0 Å². The number of benzene rings is 3. The first-order valence-corrected chi connectivity index (χ1v) is 14.9. The number of carbonyl (C=O) groups excluding carboxylic acids is 5. The van der Waals surface area contributed by atoms with E-state index in [1.165, 1.54) is 12.0 Å². The number of ether oxygens (including phenoxy) is 2. The van der Waals surface area contributed by atoms with Gasteiger partial charge in [-0.15, -0.1) is 0 Å². The van der Waals surface area contributed by atoms with E-state index in [0.717, 1.165) is 30.7 Å². The SMILES string of the molecule is COc1ccc(I)cc1N1CCC(=O)N(CNC(=O)[C@H](CC(N)=O)NC(=O)OCC2c3ccccc3-c3ccccc32)C1=O. The number of hydrogen-bond acceptors (Lipinski definition) is 7. The van der Waals surface area contributed by atoms with Crippen molar-refractivity contribution in [3.8, 4) is 16.9 Å². The summed E-state index contributed by atoms with van der Waals surface area (Å²) in [5.41, 5.74) is 9.97. The highest BCUT2D eigenvalue weighted by molar-refractivity contribution is 14.1. The highest BCUT2D eigenvalue weighted by atomic mass is 127. The van der Waals surface area contributed by atoms with E-state index in [0.29, 0.717) is 11.4 Å². The summed E-state index contributed by atoms with van der Waals surface area (Å²) in [6, 6.07) is 18.9. The van der Waals surface area contributed by atoms with Crippen LogP contribution in [0.5, 0.6) is 5.75 Å². The standard InChI is InChI=1S/C31H30IN5O7/c1-43-26-11-10-18(32)14-25(26)36-13-12-28(39)37(31(36)42)17-34-29(40)24(15-27(33)38)35-30(41)44-16-23-21-8-4-2-6-19(21)20-7-3-5-9-22(20)23/h2-11,14,23-24H,12-13,15-17H2,1H3,(H2,33,38)(H,34,40)(H,35,41)/t24-/m0/s1. The lowest BCUT2D eigenvalue weighted by atomic mass is 9.98. The molecule has 1 saturated heterocycles. The molecule has 4 N–H and O–H groups in total. The van der Waals surface area contributed by atoms with Crippen molar-refractivity contribution in [2.45, 2.75) is 24.8 Å². The number of imide groups is 1. The summed E-state index contributed by atoms with van der Waals surface area (Å²) in [5.74, 6) is -1.91. The Bertz CT molecular complexity index is 1580. The molecule has 1 aliphatic carbocycles. The molecule has 0 unspecified atom stereocenters. The zero-order valence-corrected chi connectivity index (χ0v) is 25.9. The summed E-state index contributed by atoms with van der Waals surface area (Å²) in [4.78, 5) is 65.9. The van der Waals surface area contributed by atoms with Gasteiger partial charge in [0.25, 0.3) is 0 Å². The van der Waals surface area contributed by atoms with Gasteiger partial charge in [-0.2, -0.15) is 0 Å². The summed E-state index contributed by atoms with van der Waals surface area (Å²) in [5, 5.41) is 4.86. The lowest BCUT2D eigenvalue weighted by Gasteiger charge is -2.35. The molecule has 1 aliphatic heterocycles. The second-order valence-corrected chi connectivity index (χ2v) is 11.5. The van der Waals surface area contributed by atoms with Crippen LogP contribution in [0.3, 0.4) is 0 Å². The third-order valence-corrected chi connectivity index (χ3v) is 8.18. The van der Waals surface area contributed by atoms with E-state index in [2.05, 4.69) is 33.2 Å². The van der Waals surface area contributed by atoms with Gasteiger partial charge in [-0.1, -0.05) is 48.5 Å². The van der Waals surface area contributed by atoms with Gasteiger partial charge in [-0.3, -0.25) is 19.3 Å². The molecule has 3 aromatic carbocycles. The van der Waals surface area contributed by atoms with Crippen LogP contribution in [0.25, 0.3) is 11.1 Å². The summed E-state index contributed by atoms with van der Waals surface area (Å²) in [6.45, 7) is -0.355. The number of urea groups is 1. The van der Waals surface area contributed by atoms with Crippen molar-refractivity contribution in [1.29, 1.82) is 0 Å². The summed E-state index contributed by atoms with van der Waals surface area (Å²) < 4.78 is 11.8. The normalized spacial score (nSPS) is 14.9. The fraction of sp³-hybridized carbons (Fsp3) is 0.258. The van der Waals surface area contributed by atoms with Gasteiger partial charge in [-0.25, -0.2) is 14.5 Å². The average molecular weight is 712 g/mol. The van der Waals surface area contributed by atoms with Crippen molar-refractivity contribution in [2.24, 2.45) is 5.73 Å². The van der Waals surface area contributed by atoms with Gasteiger partial charge in [-0.05, 0) is 63.0 Å². The lowest BCUT2D eigenvalue weighted by Crippen LogP contribution is -2.57. The number of primary amides is 1. The highest BCUT2D eigenvalue weighted by Gasteiger charge is 2.35. The molecule has 12 nitrogen and oxygen atoms in total. The van der Waals surface area contributed by atoms with Gasteiger partial charge in [0.15, 0.2) is 0 Å². The number of halogens is 1. The molecule has 0 aromatic heterocycles. The summed E-state index contributed by atoms with van der Waals surface area (Å²) in [6.07, 6.45) is -1.43. The molecule has 2 aliphatic rings. The van der Waals surface area contributed by atoms with Crippen LogP contribution in [-0.4, -0.2) is 67.7 Å². The fourth-order valence-corrected chi connectivity index (χ4v) is 5.89. The molecule has 44 heavy (non-hydrogen) atoms. The lowest BCUT2D eigenvalue weighted by molar-refractivity contribution is -0.131. The Balaban J connectivity index is 1.22. The first-order chi connectivity index (χ1) is 21.2. The number of methoxy groups -OCH3 is 1. The smallest absolute Gasteiger partial charge is 0.407 e. The number of rotatable bonds is 10. The Labute approximate surface area is 267 Å². The monoisotopic (exact) mass is 711 g/mol. The quantitative estimate of drug-likeness (QED) is 0.272. The molecule has 13 heteroatoms. The number of nitrogens with two attached hydrogens (primary N) is 1. The first kappa shape index (κ1) is 30.8. The molecule has 0 radical (unpaired) electrons. The Morgan fingerprint density at radius 1 is 1.02 bits per heavy atom. The third kappa shape index (κ3) is 6.46. The van der Waals surface area contributed by atoms with Crippen molar-refractivity contribution < 1.29 is 33.4 Å². The maximum Gasteiger partial charge on any atom is 0.407 e. The molecule has 228 valence electrons. The molecule has 0 saturated carbocycles. The van der Waals surface area contributed by atoms with Gasteiger partial charge in [0.2, 0.25) is 17.7 Å². The Kier molecular flexibility index (Phi) is 9.32. The molecule has 1 atom stereocenters. The molecule has 0 bridgehead atoms. The van der Waals surface area contributed by atoms with Crippen LogP contribution in [0.1, 0.15) is 29.9 Å². The van der Waals surface area contributed by atoms with Crippen LogP contribution in [0, 0.1) is 3.57 Å². The predicted octanol–water partition coefficient (Wildman–Crippen LogP) is 3.31. The molecule has 0 spiro atoms. The van der Waals surface area contributed by atoms with E-state index in [1.54, 1.807) is 12.1 Å². The number of alkyl carbamates (subject to hydrolysis) is 1. The zero-order valence-electron chi connectivity index (χ0n) is 23.7. The minimum Gasteiger partial charge on any atom is -0.495 e. The van der Waals surface area contributed by atoms with Crippen LogP contribution in [0.15, 0.2) is 66.7 Å². The number of nitrogens with one attached hydrogen (secondary N) is 2. The Morgan fingerprint density at radius 2 is 1.68 bits per heavy atom. The second kappa shape index (κ2) is 13.3. The van der Waals surface area contributed by atoms with E-state index in [-0.39, 0.29) is 25.5 Å². The Hall–Kier alpha value is -4.66. The number of hydrogen-bond donors (Lipinski definition) is 3. The van der Waals surface area contributed by atoms with E-state index in [4.69, 9.17) is 15.2 Å². The molecule has 3 aromatic rings. The summed E-state index contributed by atoms with van der Waals surface area (Å²) in [7, 11) is 1.48. The van der Waals surface area contributed by atoms with E-state index in [1.807, 2.05) is 54.6 Å². The van der Waals surface area contributed by atoms with Crippen LogP contribution in [0.4, 0.5) is 15.3 Å². The maximum absolute atomic E-state index is 13.3. The largest absolute Gasteiger partial charge is 0.495 e. The van der Waals surface area contributed by atoms with Crippen LogP contribution in [0.2, 0.25) is 0 Å². The number of anilines is 1. The van der Waals surface area contributed by atoms with Crippen molar-refractivity contribution in [1.82, 2.24) is 15.5 Å². The van der Waals surface area contributed by atoms with E-state index < -0.39 is 49.0 Å². The average Bonchev–Trinajstić information content (AvgIpc) is 3.33. The first-order valence-electron chi connectivity index (χ1n) is 13.8. The Morgan fingerprint density at radius 3 is 2.32 bits per heavy atom. The minimum absolute atomic E-state index is 0.000723. The van der Waals surface area contributed by atoms with Gasteiger partial charge in [0.05, 0.1) is 19.2 Å². The van der Waals surface area contributed by atoms with E-state index >= 15 is 0 Å². The maximum atomic E-state index is 13.3. The fourth-order valence-electron chi connectivity index (χ4n) is 5.42. The van der Waals surface area contributed by atoms with Gasteiger partial charge in [0.1, 0.15) is 25.1 Å². The molecule has 1 heterocycles. The van der Waals surface area contributed by atoms with E-state index in [9.17, 15) is 24.0 Å². The van der Waals surface area contributed by atoms with Crippen LogP contribution >= 0.6 is 22.6 Å². The molecule has 5 rings (SSSR count). The molecule has 1 fully saturated rings. The zero-order chi connectivity index (χ0) is 31.4. The number of nitrogens with zero attached hydrogens (tertiary/aromatic N) is 2. The predicted molar refractivity (Wildman–Crippen MR) is 169 cm³/mol. The van der Waals surface area contributed by atoms with Crippen LogP contribution in [-0.2, 0) is 19.1 Å². The minimum atomic E-state index is -1.40. The number of fused-ring (bicyclic) bond motifs is 3. The topological polar surface area (TPSA) is 160 Å². The molecular formula is C31H30IN5O7. The molecular weight excluding hydrogens is 681 g/mol. The van der Waals surface area contributed by atoms with Crippen molar-refractivity contribution in [3.05, 3.63) is 81.4 Å². The second-order valence-electron chi connectivity index (χ2n) is 10.2. The van der Waals surface area contributed by atoms with Crippen molar-refractivity contribution in [2.75, 3.05) is 31.8 Å². The van der Waals surface area contributed by atoms with Gasteiger partial charge >= 0.3 is 12.1 Å². The molecule has 6 amide bonds. The van der Waals surface area contributed by atoms with Gasteiger partial charge in [0, 0.05) is 22.5 Å². The number of carbonyl (C=O) groups is 5. The van der Waals surface area contributed by atoms with Crippen molar-refractivity contribution >= 4 is 58.1 Å². The van der Waals surface area contributed by atoms with Crippen molar-refractivity contribution in [3.63, 3.8) is 0 Å². The highest BCUT2D eigenvalue weighted by Crippen LogP contribution is 2.44. The number of amides is 6. The third-order valence-electron chi connectivity index (χ3n) is 7.51. The summed E-state index contributed by atoms with van der Waals surface area (Å²) >= 11 is 2.11. The van der Waals surface area contributed by atoms with Gasteiger partial charge < -0.3 is 25.8 Å².